The van der Waals surface area contributed by atoms with Crippen LogP contribution in [0, 0.1) is 12.7 Å². The molecule has 0 fully saturated rings. The lowest BCUT2D eigenvalue weighted by Crippen LogP contribution is -2.11. The number of hydrogen-bond acceptors (Lipinski definition) is 1. The molecule has 0 bridgehead atoms. The van der Waals surface area contributed by atoms with Crippen LogP contribution >= 0.6 is 12.4 Å². The molecule has 0 saturated heterocycles. The molecule has 0 amide bonds. The SMILES string of the molecule is CCC[C@@H](N)c1ccc(F)cc1C.Cl. The Kier molecular flexibility index (Phi) is 5.73. The summed E-state index contributed by atoms with van der Waals surface area (Å²) in [6.45, 7) is 3.99. The van der Waals surface area contributed by atoms with Crippen molar-refractivity contribution in [2.45, 2.75) is 32.7 Å². The minimum Gasteiger partial charge on any atom is -0.324 e. The van der Waals surface area contributed by atoms with E-state index in [0.717, 1.165) is 24.0 Å². The molecule has 1 rings (SSSR count). The van der Waals surface area contributed by atoms with Gasteiger partial charge in [-0.05, 0) is 36.6 Å². The lowest BCUT2D eigenvalue weighted by molar-refractivity contribution is 0.612. The lowest BCUT2D eigenvalue weighted by Gasteiger charge is -2.13. The molecule has 0 aliphatic heterocycles. The van der Waals surface area contributed by atoms with Crippen LogP contribution in [-0.2, 0) is 0 Å². The maximum atomic E-state index is 12.8. The smallest absolute Gasteiger partial charge is 0.123 e. The Balaban J connectivity index is 0.00000169. The molecule has 0 spiro atoms. The van der Waals surface area contributed by atoms with Crippen molar-refractivity contribution in [3.8, 4) is 0 Å². The molecule has 14 heavy (non-hydrogen) atoms. The fourth-order valence-corrected chi connectivity index (χ4v) is 1.52. The van der Waals surface area contributed by atoms with Crippen molar-refractivity contribution in [2.24, 2.45) is 5.73 Å². The first-order valence-corrected chi connectivity index (χ1v) is 4.66. The normalized spacial score (nSPS) is 12.0. The van der Waals surface area contributed by atoms with Gasteiger partial charge in [0.15, 0.2) is 0 Å². The van der Waals surface area contributed by atoms with Crippen molar-refractivity contribution >= 4 is 12.4 Å². The van der Waals surface area contributed by atoms with Gasteiger partial charge in [0, 0.05) is 6.04 Å². The standard InChI is InChI=1S/C11H16FN.ClH/c1-3-4-11(13)10-6-5-9(12)7-8(10)2;/h5-7,11H,3-4,13H2,1-2H3;1H/t11-;/m1./s1. The van der Waals surface area contributed by atoms with Gasteiger partial charge in [-0.15, -0.1) is 12.4 Å². The van der Waals surface area contributed by atoms with E-state index in [9.17, 15) is 4.39 Å². The summed E-state index contributed by atoms with van der Waals surface area (Å²) in [5.41, 5.74) is 7.94. The Morgan fingerprint density at radius 1 is 1.43 bits per heavy atom. The maximum Gasteiger partial charge on any atom is 0.123 e. The summed E-state index contributed by atoms with van der Waals surface area (Å²) in [7, 11) is 0. The third-order valence-electron chi connectivity index (χ3n) is 2.23. The van der Waals surface area contributed by atoms with Crippen LogP contribution < -0.4 is 5.73 Å². The van der Waals surface area contributed by atoms with Gasteiger partial charge in [-0.3, -0.25) is 0 Å². The molecule has 0 aliphatic rings. The van der Waals surface area contributed by atoms with Gasteiger partial charge in [-0.25, -0.2) is 4.39 Å². The number of halogens is 2. The number of benzene rings is 1. The first kappa shape index (κ1) is 13.4. The molecular formula is C11H17ClFN. The fourth-order valence-electron chi connectivity index (χ4n) is 1.52. The predicted octanol–water partition coefficient (Wildman–Crippen LogP) is 3.36. The molecule has 0 aliphatic carbocycles. The Hall–Kier alpha value is -0.600. The molecule has 0 saturated carbocycles. The van der Waals surface area contributed by atoms with E-state index in [4.69, 9.17) is 5.73 Å². The van der Waals surface area contributed by atoms with Crippen molar-refractivity contribution in [1.82, 2.24) is 0 Å². The summed E-state index contributed by atoms with van der Waals surface area (Å²) in [5, 5.41) is 0. The summed E-state index contributed by atoms with van der Waals surface area (Å²) < 4.78 is 12.8. The Morgan fingerprint density at radius 3 is 2.57 bits per heavy atom. The van der Waals surface area contributed by atoms with Crippen LogP contribution in [0.1, 0.15) is 36.9 Å². The van der Waals surface area contributed by atoms with Crippen LogP contribution in [0.3, 0.4) is 0 Å². The van der Waals surface area contributed by atoms with Crippen molar-refractivity contribution in [3.05, 3.63) is 35.1 Å². The summed E-state index contributed by atoms with van der Waals surface area (Å²) >= 11 is 0. The summed E-state index contributed by atoms with van der Waals surface area (Å²) in [6, 6.07) is 4.83. The first-order valence-electron chi connectivity index (χ1n) is 4.66. The average Bonchev–Trinajstić information content (AvgIpc) is 2.04. The molecule has 1 aromatic rings. The van der Waals surface area contributed by atoms with Crippen molar-refractivity contribution in [3.63, 3.8) is 0 Å². The van der Waals surface area contributed by atoms with Gasteiger partial charge in [-0.1, -0.05) is 19.4 Å². The highest BCUT2D eigenvalue weighted by atomic mass is 35.5. The largest absolute Gasteiger partial charge is 0.324 e. The van der Waals surface area contributed by atoms with Crippen LogP contribution in [0.2, 0.25) is 0 Å². The number of hydrogen-bond donors (Lipinski definition) is 1. The van der Waals surface area contributed by atoms with E-state index >= 15 is 0 Å². The molecular weight excluding hydrogens is 201 g/mol. The van der Waals surface area contributed by atoms with E-state index in [-0.39, 0.29) is 24.3 Å². The van der Waals surface area contributed by atoms with E-state index in [2.05, 4.69) is 6.92 Å². The van der Waals surface area contributed by atoms with E-state index < -0.39 is 0 Å². The van der Waals surface area contributed by atoms with E-state index in [0.29, 0.717) is 0 Å². The van der Waals surface area contributed by atoms with Gasteiger partial charge >= 0.3 is 0 Å². The topological polar surface area (TPSA) is 26.0 Å². The minimum atomic E-state index is -0.190. The van der Waals surface area contributed by atoms with Crippen LogP contribution in [0.5, 0.6) is 0 Å². The number of aryl methyl sites for hydroxylation is 1. The highest BCUT2D eigenvalue weighted by Crippen LogP contribution is 2.20. The molecule has 0 aromatic heterocycles. The lowest BCUT2D eigenvalue weighted by atomic mass is 9.98. The molecule has 0 unspecified atom stereocenters. The van der Waals surface area contributed by atoms with Crippen LogP contribution in [0.25, 0.3) is 0 Å². The highest BCUT2D eigenvalue weighted by Gasteiger charge is 2.07. The Morgan fingerprint density at radius 2 is 2.07 bits per heavy atom. The van der Waals surface area contributed by atoms with E-state index in [1.165, 1.54) is 12.1 Å². The Bertz CT molecular complexity index is 289. The van der Waals surface area contributed by atoms with Gasteiger partial charge in [0.05, 0.1) is 0 Å². The molecule has 3 heteroatoms. The van der Waals surface area contributed by atoms with Gasteiger partial charge in [-0.2, -0.15) is 0 Å². The molecule has 0 radical (unpaired) electrons. The maximum absolute atomic E-state index is 12.8. The zero-order valence-corrected chi connectivity index (χ0v) is 9.40. The number of nitrogens with two attached hydrogens (primary N) is 1. The molecule has 0 heterocycles. The zero-order valence-electron chi connectivity index (χ0n) is 8.59. The Labute approximate surface area is 90.9 Å². The quantitative estimate of drug-likeness (QED) is 0.826. The van der Waals surface area contributed by atoms with Crippen molar-refractivity contribution in [2.75, 3.05) is 0 Å². The van der Waals surface area contributed by atoms with Crippen LogP contribution in [0.15, 0.2) is 18.2 Å². The second-order valence-corrected chi connectivity index (χ2v) is 3.40. The summed E-state index contributed by atoms with van der Waals surface area (Å²) in [4.78, 5) is 0. The zero-order chi connectivity index (χ0) is 9.84. The number of rotatable bonds is 3. The second kappa shape index (κ2) is 5.99. The predicted molar refractivity (Wildman–Crippen MR) is 60.2 cm³/mol. The second-order valence-electron chi connectivity index (χ2n) is 3.40. The molecule has 2 N–H and O–H groups in total. The van der Waals surface area contributed by atoms with Crippen molar-refractivity contribution in [1.29, 1.82) is 0 Å². The van der Waals surface area contributed by atoms with Crippen LogP contribution in [0.4, 0.5) is 4.39 Å². The van der Waals surface area contributed by atoms with E-state index in [1.54, 1.807) is 6.07 Å². The average molecular weight is 218 g/mol. The van der Waals surface area contributed by atoms with E-state index in [1.807, 2.05) is 6.92 Å². The molecule has 1 atom stereocenters. The third-order valence-corrected chi connectivity index (χ3v) is 2.23. The molecule has 1 aromatic carbocycles. The van der Waals surface area contributed by atoms with Gasteiger partial charge in [0.1, 0.15) is 5.82 Å². The highest BCUT2D eigenvalue weighted by molar-refractivity contribution is 5.85. The monoisotopic (exact) mass is 217 g/mol. The minimum absolute atomic E-state index is 0. The molecule has 80 valence electrons. The fraction of sp³-hybridized carbons (Fsp3) is 0.455. The van der Waals surface area contributed by atoms with Crippen LogP contribution in [-0.4, -0.2) is 0 Å². The van der Waals surface area contributed by atoms with Crippen molar-refractivity contribution < 1.29 is 4.39 Å². The summed E-state index contributed by atoms with van der Waals surface area (Å²) in [6.07, 6.45) is 2.00. The summed E-state index contributed by atoms with van der Waals surface area (Å²) in [5.74, 6) is -0.190. The third kappa shape index (κ3) is 3.28. The van der Waals surface area contributed by atoms with Gasteiger partial charge in [0.25, 0.3) is 0 Å². The van der Waals surface area contributed by atoms with Gasteiger partial charge in [0.2, 0.25) is 0 Å². The molecule has 1 nitrogen and oxygen atoms in total. The van der Waals surface area contributed by atoms with Gasteiger partial charge < -0.3 is 5.73 Å². The first-order chi connectivity index (χ1) is 6.15.